The number of nitrogens with zero attached hydrogens (tertiary/aromatic N) is 3. The Balaban J connectivity index is 1.67. The molecular formula is C14H19N5OS. The Hall–Kier alpha value is -1.73. The molecule has 1 aliphatic heterocycles. The maximum Gasteiger partial charge on any atom is 0.266 e. The second-order valence-corrected chi connectivity index (χ2v) is 6.60. The van der Waals surface area contributed by atoms with Gasteiger partial charge in [-0.15, -0.1) is 16.4 Å². The SMILES string of the molecule is CC(C)n1cc(NC(=O)c2ccc([C@@H]3CCCN3)s2)nn1. The number of carbonyl (C=O) groups excluding carboxylic acids is 1. The van der Waals surface area contributed by atoms with E-state index in [2.05, 4.69) is 20.9 Å². The molecule has 1 saturated heterocycles. The third-order valence-corrected chi connectivity index (χ3v) is 4.73. The number of thiophene rings is 1. The number of nitrogens with one attached hydrogen (secondary N) is 2. The van der Waals surface area contributed by atoms with Crippen LogP contribution in [0.1, 0.15) is 53.3 Å². The molecule has 0 bridgehead atoms. The number of aromatic nitrogens is 3. The molecule has 1 fully saturated rings. The minimum atomic E-state index is -0.125. The van der Waals surface area contributed by atoms with E-state index < -0.39 is 0 Å². The summed E-state index contributed by atoms with van der Waals surface area (Å²) in [5.41, 5.74) is 0. The Morgan fingerprint density at radius 2 is 2.38 bits per heavy atom. The number of rotatable bonds is 4. The Bertz CT molecular complexity index is 627. The summed E-state index contributed by atoms with van der Waals surface area (Å²) < 4.78 is 1.72. The summed E-state index contributed by atoms with van der Waals surface area (Å²) in [6, 6.07) is 4.54. The van der Waals surface area contributed by atoms with E-state index in [0.717, 1.165) is 13.0 Å². The van der Waals surface area contributed by atoms with E-state index in [-0.39, 0.29) is 11.9 Å². The van der Waals surface area contributed by atoms with Crippen LogP contribution in [0.2, 0.25) is 0 Å². The molecule has 2 N–H and O–H groups in total. The van der Waals surface area contributed by atoms with E-state index in [1.165, 1.54) is 11.3 Å². The molecule has 2 aromatic heterocycles. The molecule has 3 heterocycles. The van der Waals surface area contributed by atoms with Gasteiger partial charge in [0.25, 0.3) is 5.91 Å². The second kappa shape index (κ2) is 5.95. The van der Waals surface area contributed by atoms with E-state index >= 15 is 0 Å². The number of hydrogen-bond donors (Lipinski definition) is 2. The first-order valence-electron chi connectivity index (χ1n) is 7.20. The molecule has 21 heavy (non-hydrogen) atoms. The predicted molar refractivity (Wildman–Crippen MR) is 82.7 cm³/mol. The van der Waals surface area contributed by atoms with Crippen molar-refractivity contribution < 1.29 is 4.79 Å². The summed E-state index contributed by atoms with van der Waals surface area (Å²) in [4.78, 5) is 14.2. The zero-order valence-electron chi connectivity index (χ0n) is 12.2. The van der Waals surface area contributed by atoms with Gasteiger partial charge in [0.05, 0.1) is 11.1 Å². The van der Waals surface area contributed by atoms with Crippen molar-refractivity contribution in [3.05, 3.63) is 28.1 Å². The molecule has 1 aliphatic rings. The van der Waals surface area contributed by atoms with Gasteiger partial charge in [-0.25, -0.2) is 4.68 Å². The van der Waals surface area contributed by atoms with Crippen LogP contribution in [0.15, 0.2) is 18.3 Å². The predicted octanol–water partition coefficient (Wildman–Crippen LogP) is 2.60. The first-order valence-corrected chi connectivity index (χ1v) is 8.01. The van der Waals surface area contributed by atoms with E-state index in [4.69, 9.17) is 0 Å². The van der Waals surface area contributed by atoms with Crippen LogP contribution < -0.4 is 10.6 Å². The van der Waals surface area contributed by atoms with Crippen LogP contribution in [0.5, 0.6) is 0 Å². The lowest BCUT2D eigenvalue weighted by Gasteiger charge is -2.05. The van der Waals surface area contributed by atoms with E-state index in [9.17, 15) is 4.79 Å². The smallest absolute Gasteiger partial charge is 0.266 e. The fourth-order valence-electron chi connectivity index (χ4n) is 2.35. The van der Waals surface area contributed by atoms with Crippen molar-refractivity contribution >= 4 is 23.1 Å². The van der Waals surface area contributed by atoms with Crippen LogP contribution in [0.4, 0.5) is 5.82 Å². The topological polar surface area (TPSA) is 71.8 Å². The van der Waals surface area contributed by atoms with Crippen LogP contribution in [0, 0.1) is 0 Å². The molecule has 0 spiro atoms. The molecule has 7 heteroatoms. The van der Waals surface area contributed by atoms with Crippen LogP contribution in [-0.2, 0) is 0 Å². The lowest BCUT2D eigenvalue weighted by molar-refractivity contribution is 0.103. The Labute approximate surface area is 127 Å². The maximum atomic E-state index is 12.2. The van der Waals surface area contributed by atoms with Gasteiger partial charge in [0.15, 0.2) is 5.82 Å². The average molecular weight is 305 g/mol. The van der Waals surface area contributed by atoms with Crippen LogP contribution >= 0.6 is 11.3 Å². The van der Waals surface area contributed by atoms with Crippen LogP contribution in [0.25, 0.3) is 0 Å². The molecule has 1 atom stereocenters. The lowest BCUT2D eigenvalue weighted by atomic mass is 10.2. The molecule has 3 rings (SSSR count). The summed E-state index contributed by atoms with van der Waals surface area (Å²) in [7, 11) is 0. The fourth-order valence-corrected chi connectivity index (χ4v) is 3.37. The van der Waals surface area contributed by atoms with Gasteiger partial charge in [-0.1, -0.05) is 5.21 Å². The fraction of sp³-hybridized carbons (Fsp3) is 0.500. The van der Waals surface area contributed by atoms with Gasteiger partial charge in [-0.3, -0.25) is 4.79 Å². The highest BCUT2D eigenvalue weighted by atomic mass is 32.1. The highest BCUT2D eigenvalue weighted by Gasteiger charge is 2.20. The summed E-state index contributed by atoms with van der Waals surface area (Å²) in [5, 5.41) is 14.2. The summed E-state index contributed by atoms with van der Waals surface area (Å²) in [6.07, 6.45) is 4.09. The first-order chi connectivity index (χ1) is 10.1. The van der Waals surface area contributed by atoms with Crippen molar-refractivity contribution in [3.8, 4) is 0 Å². The molecule has 2 aromatic rings. The van der Waals surface area contributed by atoms with Crippen molar-refractivity contribution in [1.29, 1.82) is 0 Å². The summed E-state index contributed by atoms with van der Waals surface area (Å²) >= 11 is 1.54. The monoisotopic (exact) mass is 305 g/mol. The van der Waals surface area contributed by atoms with Gasteiger partial charge in [-0.2, -0.15) is 0 Å². The van der Waals surface area contributed by atoms with Gasteiger partial charge in [-0.05, 0) is 45.4 Å². The first kappa shape index (κ1) is 14.2. The van der Waals surface area contributed by atoms with Gasteiger partial charge < -0.3 is 10.6 Å². The number of anilines is 1. The third-order valence-electron chi connectivity index (χ3n) is 3.54. The molecular weight excluding hydrogens is 286 g/mol. The zero-order valence-corrected chi connectivity index (χ0v) is 13.0. The molecule has 6 nitrogen and oxygen atoms in total. The molecule has 0 saturated carbocycles. The lowest BCUT2D eigenvalue weighted by Crippen LogP contribution is -2.12. The van der Waals surface area contributed by atoms with Crippen molar-refractivity contribution in [2.45, 2.75) is 38.8 Å². The maximum absolute atomic E-state index is 12.2. The zero-order chi connectivity index (χ0) is 14.8. The van der Waals surface area contributed by atoms with Gasteiger partial charge >= 0.3 is 0 Å². The summed E-state index contributed by atoms with van der Waals surface area (Å²) in [6.45, 7) is 5.09. The molecule has 1 amide bonds. The van der Waals surface area contributed by atoms with Gasteiger partial charge in [0.1, 0.15) is 0 Å². The molecule has 0 aromatic carbocycles. The largest absolute Gasteiger partial charge is 0.309 e. The molecule has 0 aliphatic carbocycles. The molecule has 112 valence electrons. The van der Waals surface area contributed by atoms with Crippen LogP contribution in [0.3, 0.4) is 0 Å². The van der Waals surface area contributed by atoms with E-state index in [1.807, 2.05) is 26.0 Å². The third kappa shape index (κ3) is 3.14. The highest BCUT2D eigenvalue weighted by molar-refractivity contribution is 7.14. The van der Waals surface area contributed by atoms with E-state index in [0.29, 0.717) is 16.7 Å². The Kier molecular flexibility index (Phi) is 4.03. The Morgan fingerprint density at radius 1 is 1.52 bits per heavy atom. The van der Waals surface area contributed by atoms with Gasteiger partial charge in [0.2, 0.25) is 0 Å². The standard InChI is InChI=1S/C14H19N5OS/c1-9(2)19-8-13(17-18-19)16-14(20)12-6-5-11(21-12)10-4-3-7-15-10/h5-6,8-10,15H,3-4,7H2,1-2H3,(H,16,20)/t10-/m0/s1. The van der Waals surface area contributed by atoms with Crippen molar-refractivity contribution in [3.63, 3.8) is 0 Å². The number of hydrogen-bond acceptors (Lipinski definition) is 5. The highest BCUT2D eigenvalue weighted by Crippen LogP contribution is 2.29. The van der Waals surface area contributed by atoms with E-state index in [1.54, 1.807) is 22.2 Å². The van der Waals surface area contributed by atoms with Crippen LogP contribution in [-0.4, -0.2) is 27.4 Å². The second-order valence-electron chi connectivity index (χ2n) is 5.48. The Morgan fingerprint density at radius 3 is 3.05 bits per heavy atom. The molecule has 0 radical (unpaired) electrons. The number of carbonyl (C=O) groups is 1. The van der Waals surface area contributed by atoms with Crippen molar-refractivity contribution in [1.82, 2.24) is 20.3 Å². The average Bonchev–Trinajstić information content (AvgIpc) is 3.19. The molecule has 0 unspecified atom stereocenters. The minimum absolute atomic E-state index is 0.125. The minimum Gasteiger partial charge on any atom is -0.309 e. The number of amides is 1. The quantitative estimate of drug-likeness (QED) is 0.911. The van der Waals surface area contributed by atoms with Crippen molar-refractivity contribution in [2.24, 2.45) is 0 Å². The normalized spacial score (nSPS) is 18.3. The van der Waals surface area contributed by atoms with Gasteiger partial charge in [0, 0.05) is 17.0 Å². The van der Waals surface area contributed by atoms with Crippen molar-refractivity contribution in [2.75, 3.05) is 11.9 Å². The summed E-state index contributed by atoms with van der Waals surface area (Å²) in [5.74, 6) is 0.364.